The van der Waals surface area contributed by atoms with Gasteiger partial charge in [-0.05, 0) is 6.54 Å². The highest BCUT2D eigenvalue weighted by molar-refractivity contribution is 6.30. The molecule has 0 saturated carbocycles. The second-order valence-corrected chi connectivity index (χ2v) is 2.88. The van der Waals surface area contributed by atoms with Crippen molar-refractivity contribution < 1.29 is 19.1 Å². The third kappa shape index (κ3) is 1.16. The standard InChI is InChI=1S/C7H9NO4/c9-6-7(10)12-5-3-8-2-1-4(5)11-6/h4-5,8H,1-3H2. The van der Waals surface area contributed by atoms with Gasteiger partial charge in [-0.2, -0.15) is 0 Å². The lowest BCUT2D eigenvalue weighted by Crippen LogP contribution is -2.53. The highest BCUT2D eigenvalue weighted by Crippen LogP contribution is 2.17. The SMILES string of the molecule is O=C1OC2CCNCC2OC1=O. The zero-order valence-electron chi connectivity index (χ0n) is 6.41. The maximum absolute atomic E-state index is 10.7. The zero-order chi connectivity index (χ0) is 8.55. The summed E-state index contributed by atoms with van der Waals surface area (Å²) in [6.07, 6.45) is 0.185. The van der Waals surface area contributed by atoms with Gasteiger partial charge in [0.15, 0.2) is 6.10 Å². The van der Waals surface area contributed by atoms with Crippen molar-refractivity contribution in [2.45, 2.75) is 18.6 Å². The minimum Gasteiger partial charge on any atom is -0.450 e. The number of ether oxygens (including phenoxy) is 2. The third-order valence-corrected chi connectivity index (χ3v) is 2.05. The van der Waals surface area contributed by atoms with Crippen LogP contribution in [0.15, 0.2) is 0 Å². The minimum atomic E-state index is -0.875. The molecule has 0 radical (unpaired) electrons. The molecule has 0 aliphatic carbocycles. The van der Waals surface area contributed by atoms with Crippen LogP contribution in [-0.4, -0.2) is 37.2 Å². The Morgan fingerprint density at radius 1 is 1.17 bits per heavy atom. The number of hydrogen-bond acceptors (Lipinski definition) is 5. The van der Waals surface area contributed by atoms with Crippen molar-refractivity contribution >= 4 is 11.9 Å². The molecule has 0 aromatic rings. The van der Waals surface area contributed by atoms with Crippen LogP contribution < -0.4 is 5.32 Å². The number of nitrogens with one attached hydrogen (secondary N) is 1. The zero-order valence-corrected chi connectivity index (χ0v) is 6.41. The van der Waals surface area contributed by atoms with Crippen LogP contribution in [0.4, 0.5) is 0 Å². The summed E-state index contributed by atoms with van der Waals surface area (Å²) < 4.78 is 9.68. The van der Waals surface area contributed by atoms with Gasteiger partial charge in [0.1, 0.15) is 6.10 Å². The monoisotopic (exact) mass is 171 g/mol. The van der Waals surface area contributed by atoms with E-state index in [1.807, 2.05) is 0 Å². The van der Waals surface area contributed by atoms with E-state index >= 15 is 0 Å². The number of hydrogen-bond donors (Lipinski definition) is 1. The van der Waals surface area contributed by atoms with Gasteiger partial charge < -0.3 is 14.8 Å². The first-order valence-corrected chi connectivity index (χ1v) is 3.89. The Labute approximate surface area is 69.0 Å². The van der Waals surface area contributed by atoms with Gasteiger partial charge in [-0.25, -0.2) is 9.59 Å². The molecule has 2 saturated heterocycles. The molecule has 2 aliphatic rings. The van der Waals surface area contributed by atoms with Gasteiger partial charge in [0.05, 0.1) is 0 Å². The normalized spacial score (nSPS) is 35.0. The molecule has 5 nitrogen and oxygen atoms in total. The lowest BCUT2D eigenvalue weighted by molar-refractivity contribution is -0.196. The van der Waals surface area contributed by atoms with E-state index in [0.717, 1.165) is 6.54 Å². The van der Waals surface area contributed by atoms with Crippen LogP contribution in [0, 0.1) is 0 Å². The first kappa shape index (κ1) is 7.54. The van der Waals surface area contributed by atoms with E-state index in [9.17, 15) is 9.59 Å². The van der Waals surface area contributed by atoms with Gasteiger partial charge in [0.2, 0.25) is 0 Å². The van der Waals surface area contributed by atoms with Crippen LogP contribution in [0.1, 0.15) is 6.42 Å². The highest BCUT2D eigenvalue weighted by Gasteiger charge is 2.39. The lowest BCUT2D eigenvalue weighted by atomic mass is 10.1. The average molecular weight is 171 g/mol. The van der Waals surface area contributed by atoms with Crippen molar-refractivity contribution in [1.29, 1.82) is 0 Å². The molecule has 0 amide bonds. The number of carbonyl (C=O) groups excluding carboxylic acids is 2. The number of piperidine rings is 1. The van der Waals surface area contributed by atoms with E-state index in [0.29, 0.717) is 13.0 Å². The maximum Gasteiger partial charge on any atom is 0.417 e. The van der Waals surface area contributed by atoms with Crippen molar-refractivity contribution in [3.05, 3.63) is 0 Å². The van der Waals surface area contributed by atoms with E-state index in [4.69, 9.17) is 9.47 Å². The van der Waals surface area contributed by atoms with Crippen molar-refractivity contribution in [3.63, 3.8) is 0 Å². The van der Waals surface area contributed by atoms with Crippen LogP contribution in [0.3, 0.4) is 0 Å². The molecule has 2 aliphatic heterocycles. The Morgan fingerprint density at radius 3 is 2.58 bits per heavy atom. The predicted octanol–water partition coefficient (Wildman–Crippen LogP) is -1.18. The summed E-state index contributed by atoms with van der Waals surface area (Å²) in [5, 5.41) is 3.05. The summed E-state index contributed by atoms with van der Waals surface area (Å²) >= 11 is 0. The third-order valence-electron chi connectivity index (χ3n) is 2.05. The summed E-state index contributed by atoms with van der Waals surface area (Å²) in [6.45, 7) is 1.37. The lowest BCUT2D eigenvalue weighted by Gasteiger charge is -2.33. The number of esters is 2. The smallest absolute Gasteiger partial charge is 0.417 e. The second kappa shape index (κ2) is 2.75. The van der Waals surface area contributed by atoms with Crippen LogP contribution in [0.25, 0.3) is 0 Å². The number of rotatable bonds is 0. The van der Waals surface area contributed by atoms with Gasteiger partial charge in [-0.15, -0.1) is 0 Å². The van der Waals surface area contributed by atoms with Gasteiger partial charge in [-0.3, -0.25) is 0 Å². The molecule has 2 fully saturated rings. The molecule has 2 atom stereocenters. The summed E-state index contributed by atoms with van der Waals surface area (Å²) in [5.74, 6) is -1.74. The van der Waals surface area contributed by atoms with E-state index < -0.39 is 11.9 Å². The molecule has 0 bridgehead atoms. The Morgan fingerprint density at radius 2 is 1.83 bits per heavy atom. The van der Waals surface area contributed by atoms with Crippen molar-refractivity contribution in [3.8, 4) is 0 Å². The molecule has 0 spiro atoms. The highest BCUT2D eigenvalue weighted by atomic mass is 16.6. The summed E-state index contributed by atoms with van der Waals surface area (Å²) in [6, 6.07) is 0. The average Bonchev–Trinajstić information content (AvgIpc) is 2.07. The Hall–Kier alpha value is -1.10. The van der Waals surface area contributed by atoms with Crippen molar-refractivity contribution in [1.82, 2.24) is 5.32 Å². The van der Waals surface area contributed by atoms with Crippen LogP contribution in [0.2, 0.25) is 0 Å². The molecule has 0 aromatic heterocycles. The number of carbonyl (C=O) groups is 2. The fourth-order valence-electron chi connectivity index (χ4n) is 1.43. The van der Waals surface area contributed by atoms with Crippen LogP contribution in [0.5, 0.6) is 0 Å². The van der Waals surface area contributed by atoms with Crippen LogP contribution >= 0.6 is 0 Å². The van der Waals surface area contributed by atoms with Crippen molar-refractivity contribution in [2.75, 3.05) is 13.1 Å². The second-order valence-electron chi connectivity index (χ2n) is 2.88. The van der Waals surface area contributed by atoms with Gasteiger partial charge in [-0.1, -0.05) is 0 Å². The van der Waals surface area contributed by atoms with E-state index in [-0.39, 0.29) is 12.2 Å². The van der Waals surface area contributed by atoms with Gasteiger partial charge >= 0.3 is 11.9 Å². The Kier molecular flexibility index (Phi) is 1.73. The molecule has 2 heterocycles. The molecule has 5 heteroatoms. The maximum atomic E-state index is 10.7. The first-order valence-electron chi connectivity index (χ1n) is 3.89. The van der Waals surface area contributed by atoms with Crippen LogP contribution in [-0.2, 0) is 19.1 Å². The summed E-state index contributed by atoms with van der Waals surface area (Å²) in [4.78, 5) is 21.5. The molecule has 2 unspecified atom stereocenters. The van der Waals surface area contributed by atoms with E-state index in [1.165, 1.54) is 0 Å². The molecule has 66 valence electrons. The summed E-state index contributed by atoms with van der Waals surface area (Å²) in [7, 11) is 0. The van der Waals surface area contributed by atoms with Crippen molar-refractivity contribution in [2.24, 2.45) is 0 Å². The Bertz CT molecular complexity index is 203. The van der Waals surface area contributed by atoms with Gasteiger partial charge in [0.25, 0.3) is 0 Å². The van der Waals surface area contributed by atoms with E-state index in [1.54, 1.807) is 0 Å². The Balaban J connectivity index is 2.07. The largest absolute Gasteiger partial charge is 0.450 e. The molecule has 2 rings (SSSR count). The van der Waals surface area contributed by atoms with Gasteiger partial charge in [0, 0.05) is 13.0 Å². The topological polar surface area (TPSA) is 64.6 Å². The quantitative estimate of drug-likeness (QED) is 0.367. The minimum absolute atomic E-state index is 0.239. The summed E-state index contributed by atoms with van der Waals surface area (Å²) in [5.41, 5.74) is 0. The predicted molar refractivity (Wildman–Crippen MR) is 37.2 cm³/mol. The fourth-order valence-corrected chi connectivity index (χ4v) is 1.43. The first-order chi connectivity index (χ1) is 5.77. The molecular formula is C7H9NO4. The molecule has 1 N–H and O–H groups in total. The molecular weight excluding hydrogens is 162 g/mol. The molecule has 0 aromatic carbocycles. The number of fused-ring (bicyclic) bond motifs is 1. The fraction of sp³-hybridized carbons (Fsp3) is 0.714. The van der Waals surface area contributed by atoms with E-state index in [2.05, 4.69) is 5.32 Å². The molecule has 12 heavy (non-hydrogen) atoms.